The third-order valence-electron chi connectivity index (χ3n) is 1.87. The van der Waals surface area contributed by atoms with Gasteiger partial charge in [-0.3, -0.25) is 0 Å². The van der Waals surface area contributed by atoms with Crippen LogP contribution in [0.15, 0.2) is 28.6 Å². The van der Waals surface area contributed by atoms with E-state index in [1.807, 2.05) is 6.07 Å². The van der Waals surface area contributed by atoms with Gasteiger partial charge in [0.05, 0.1) is 5.88 Å². The molecular weight excluding hydrogens is 267 g/mol. The first-order chi connectivity index (χ1) is 7.79. The molecule has 1 heterocycles. The van der Waals surface area contributed by atoms with Gasteiger partial charge in [0.25, 0.3) is 0 Å². The SMILES string of the molecule is Fc1ccccc1CSc1nnc(CCl)s1. The van der Waals surface area contributed by atoms with Gasteiger partial charge < -0.3 is 0 Å². The van der Waals surface area contributed by atoms with Gasteiger partial charge in [-0.05, 0) is 11.6 Å². The van der Waals surface area contributed by atoms with Gasteiger partial charge in [-0.25, -0.2) is 4.39 Å². The molecule has 0 saturated carbocycles. The zero-order valence-electron chi connectivity index (χ0n) is 8.19. The van der Waals surface area contributed by atoms with Crippen LogP contribution in [-0.4, -0.2) is 10.2 Å². The average Bonchev–Trinajstić information content (AvgIpc) is 2.76. The van der Waals surface area contributed by atoms with Crippen molar-refractivity contribution in [3.8, 4) is 0 Å². The topological polar surface area (TPSA) is 25.8 Å². The number of aromatic nitrogens is 2. The highest BCUT2D eigenvalue weighted by Gasteiger charge is 2.06. The van der Waals surface area contributed by atoms with E-state index in [1.165, 1.54) is 29.2 Å². The molecule has 0 saturated heterocycles. The molecule has 0 amide bonds. The van der Waals surface area contributed by atoms with E-state index in [1.54, 1.807) is 12.1 Å². The van der Waals surface area contributed by atoms with Crippen molar-refractivity contribution in [1.82, 2.24) is 10.2 Å². The van der Waals surface area contributed by atoms with E-state index in [-0.39, 0.29) is 5.82 Å². The molecule has 1 aromatic carbocycles. The Morgan fingerprint density at radius 3 is 2.81 bits per heavy atom. The second-order valence-corrected chi connectivity index (χ2v) is 5.53. The standard InChI is InChI=1S/C10H8ClFN2S2/c11-5-9-13-14-10(16-9)15-6-7-3-1-2-4-8(7)12/h1-4H,5-6H2. The van der Waals surface area contributed by atoms with Gasteiger partial charge in [0.15, 0.2) is 4.34 Å². The van der Waals surface area contributed by atoms with Crippen LogP contribution in [0.5, 0.6) is 0 Å². The Balaban J connectivity index is 1.99. The minimum Gasteiger partial charge on any atom is -0.207 e. The molecule has 0 aliphatic rings. The summed E-state index contributed by atoms with van der Waals surface area (Å²) in [6, 6.07) is 6.73. The van der Waals surface area contributed by atoms with Gasteiger partial charge in [0.2, 0.25) is 0 Å². The molecule has 0 fully saturated rings. The number of rotatable bonds is 4. The van der Waals surface area contributed by atoms with Gasteiger partial charge in [-0.2, -0.15) is 0 Å². The summed E-state index contributed by atoms with van der Waals surface area (Å²) < 4.78 is 14.1. The molecule has 6 heteroatoms. The summed E-state index contributed by atoms with van der Waals surface area (Å²) >= 11 is 8.54. The predicted molar refractivity (Wildman–Crippen MR) is 65.4 cm³/mol. The van der Waals surface area contributed by atoms with Gasteiger partial charge >= 0.3 is 0 Å². The molecule has 84 valence electrons. The molecule has 2 nitrogen and oxygen atoms in total. The maximum absolute atomic E-state index is 13.3. The van der Waals surface area contributed by atoms with Crippen molar-refractivity contribution in [2.45, 2.75) is 16.0 Å². The minimum atomic E-state index is -0.183. The summed E-state index contributed by atoms with van der Waals surface area (Å²) in [5.74, 6) is 0.749. The number of hydrogen-bond acceptors (Lipinski definition) is 4. The highest BCUT2D eigenvalue weighted by molar-refractivity contribution is 8.00. The van der Waals surface area contributed by atoms with Gasteiger partial charge in [-0.1, -0.05) is 41.3 Å². The van der Waals surface area contributed by atoms with Crippen molar-refractivity contribution >= 4 is 34.7 Å². The number of hydrogen-bond donors (Lipinski definition) is 0. The van der Waals surface area contributed by atoms with Gasteiger partial charge in [0.1, 0.15) is 10.8 Å². The molecule has 0 unspecified atom stereocenters. The maximum Gasteiger partial charge on any atom is 0.174 e. The minimum absolute atomic E-state index is 0.183. The van der Waals surface area contributed by atoms with E-state index in [2.05, 4.69) is 10.2 Å². The molecule has 2 rings (SSSR count). The smallest absolute Gasteiger partial charge is 0.174 e. The number of halogens is 2. The Morgan fingerprint density at radius 2 is 2.12 bits per heavy atom. The van der Waals surface area contributed by atoms with E-state index in [4.69, 9.17) is 11.6 Å². The summed E-state index contributed by atoms with van der Waals surface area (Å²) in [4.78, 5) is 0. The lowest BCUT2D eigenvalue weighted by Crippen LogP contribution is -1.85. The van der Waals surface area contributed by atoms with Crippen LogP contribution in [0.2, 0.25) is 0 Å². The summed E-state index contributed by atoms with van der Waals surface area (Å²) in [6.07, 6.45) is 0. The lowest BCUT2D eigenvalue weighted by Gasteiger charge is -1.99. The quantitative estimate of drug-likeness (QED) is 0.628. The van der Waals surface area contributed by atoms with Crippen molar-refractivity contribution in [2.24, 2.45) is 0 Å². The van der Waals surface area contributed by atoms with Crippen molar-refractivity contribution in [2.75, 3.05) is 0 Å². The Bertz CT molecular complexity index is 475. The average molecular weight is 275 g/mol. The van der Waals surface area contributed by atoms with E-state index in [0.29, 0.717) is 17.2 Å². The van der Waals surface area contributed by atoms with Crippen LogP contribution in [0.1, 0.15) is 10.6 Å². The van der Waals surface area contributed by atoms with E-state index >= 15 is 0 Å². The van der Waals surface area contributed by atoms with Crippen LogP contribution in [0.4, 0.5) is 4.39 Å². The first kappa shape index (κ1) is 11.8. The zero-order chi connectivity index (χ0) is 11.4. The molecular formula is C10H8ClFN2S2. The summed E-state index contributed by atoms with van der Waals surface area (Å²) in [5.41, 5.74) is 0.676. The number of alkyl halides is 1. The lowest BCUT2D eigenvalue weighted by molar-refractivity contribution is 0.617. The van der Waals surface area contributed by atoms with Gasteiger partial charge in [-0.15, -0.1) is 21.8 Å². The highest BCUT2D eigenvalue weighted by Crippen LogP contribution is 2.27. The second kappa shape index (κ2) is 5.61. The second-order valence-electron chi connectivity index (χ2n) is 2.98. The highest BCUT2D eigenvalue weighted by atomic mass is 35.5. The normalized spacial score (nSPS) is 10.6. The van der Waals surface area contributed by atoms with Crippen LogP contribution in [0.25, 0.3) is 0 Å². The van der Waals surface area contributed by atoms with Crippen LogP contribution in [-0.2, 0) is 11.6 Å². The summed E-state index contributed by atoms with van der Waals surface area (Å²) in [5, 5.41) is 8.64. The van der Waals surface area contributed by atoms with Crippen LogP contribution in [0.3, 0.4) is 0 Å². The van der Waals surface area contributed by atoms with Crippen molar-refractivity contribution in [3.05, 3.63) is 40.7 Å². The third kappa shape index (κ3) is 2.93. The number of benzene rings is 1. The molecule has 0 atom stereocenters. The third-order valence-corrected chi connectivity index (χ3v) is 4.39. The largest absolute Gasteiger partial charge is 0.207 e. The Morgan fingerprint density at radius 1 is 1.31 bits per heavy atom. The fourth-order valence-corrected chi connectivity index (χ4v) is 3.05. The molecule has 16 heavy (non-hydrogen) atoms. The molecule has 0 radical (unpaired) electrons. The Labute approximate surface area is 106 Å². The maximum atomic E-state index is 13.3. The van der Waals surface area contributed by atoms with E-state index in [9.17, 15) is 4.39 Å². The molecule has 0 N–H and O–H groups in total. The van der Waals surface area contributed by atoms with E-state index in [0.717, 1.165) is 9.35 Å². The predicted octanol–water partition coefficient (Wildman–Crippen LogP) is 3.71. The fraction of sp³-hybridized carbons (Fsp3) is 0.200. The molecule has 0 aliphatic heterocycles. The summed E-state index contributed by atoms with van der Waals surface area (Å²) in [6.45, 7) is 0. The van der Waals surface area contributed by atoms with Crippen LogP contribution < -0.4 is 0 Å². The first-order valence-corrected chi connectivity index (χ1v) is 6.88. The molecule has 0 aliphatic carbocycles. The number of nitrogens with zero attached hydrogens (tertiary/aromatic N) is 2. The molecule has 0 bridgehead atoms. The zero-order valence-corrected chi connectivity index (χ0v) is 10.6. The first-order valence-electron chi connectivity index (χ1n) is 4.54. The van der Waals surface area contributed by atoms with Crippen LogP contribution in [0, 0.1) is 5.82 Å². The Hall–Kier alpha value is -0.650. The number of thioether (sulfide) groups is 1. The lowest BCUT2D eigenvalue weighted by atomic mass is 10.2. The van der Waals surface area contributed by atoms with E-state index < -0.39 is 0 Å². The fourth-order valence-electron chi connectivity index (χ4n) is 1.11. The van der Waals surface area contributed by atoms with Crippen molar-refractivity contribution in [3.63, 3.8) is 0 Å². The van der Waals surface area contributed by atoms with Gasteiger partial charge in [0, 0.05) is 5.75 Å². The molecule has 0 spiro atoms. The Kier molecular flexibility index (Phi) is 4.15. The monoisotopic (exact) mass is 274 g/mol. The summed E-state index contributed by atoms with van der Waals surface area (Å²) in [7, 11) is 0. The molecule has 2 aromatic rings. The van der Waals surface area contributed by atoms with Crippen LogP contribution >= 0.6 is 34.7 Å². The van der Waals surface area contributed by atoms with Crippen molar-refractivity contribution < 1.29 is 4.39 Å². The van der Waals surface area contributed by atoms with Crippen molar-refractivity contribution in [1.29, 1.82) is 0 Å². The molecule has 1 aromatic heterocycles.